The molecule has 1 rings (SSSR count). The van der Waals surface area contributed by atoms with Gasteiger partial charge >= 0.3 is 0 Å². The Morgan fingerprint density at radius 1 is 1.05 bits per heavy atom. The van der Waals surface area contributed by atoms with Crippen molar-refractivity contribution in [1.82, 2.24) is 5.32 Å². The first kappa shape index (κ1) is 17.9. The monoisotopic (exact) mass is 283 g/mol. The number of nitrogens with one attached hydrogen (secondary N) is 1. The molecule has 0 bridgehead atoms. The molecule has 0 radical (unpaired) electrons. The zero-order valence-electron chi connectivity index (χ0n) is 13.8. The number of hydrogen-bond donors (Lipinski definition) is 3. The van der Waals surface area contributed by atoms with Crippen molar-refractivity contribution in [2.45, 2.75) is 77.2 Å². The maximum atomic E-state index is 6.42. The first-order valence-electron chi connectivity index (χ1n) is 8.83. The largest absolute Gasteiger partial charge is 0.330 e. The van der Waals surface area contributed by atoms with Crippen LogP contribution < -0.4 is 16.8 Å². The van der Waals surface area contributed by atoms with E-state index in [0.717, 1.165) is 44.2 Å². The molecule has 1 aliphatic rings. The van der Waals surface area contributed by atoms with Crippen molar-refractivity contribution in [3.05, 3.63) is 0 Å². The Hall–Kier alpha value is -0.120. The molecule has 0 saturated heterocycles. The Morgan fingerprint density at radius 2 is 1.70 bits per heavy atom. The molecule has 0 aromatic rings. The second-order valence-corrected chi connectivity index (χ2v) is 6.90. The van der Waals surface area contributed by atoms with Crippen LogP contribution in [0.1, 0.15) is 71.6 Å². The molecule has 0 aliphatic heterocycles. The first-order valence-corrected chi connectivity index (χ1v) is 8.83. The number of nitrogens with two attached hydrogens (primary N) is 2. The summed E-state index contributed by atoms with van der Waals surface area (Å²) < 4.78 is 0. The molecule has 0 amide bonds. The molecule has 1 aliphatic carbocycles. The van der Waals surface area contributed by atoms with Gasteiger partial charge < -0.3 is 16.8 Å². The lowest BCUT2D eigenvalue weighted by molar-refractivity contribution is 0.270. The predicted molar refractivity (Wildman–Crippen MR) is 88.7 cm³/mol. The highest BCUT2D eigenvalue weighted by atomic mass is 14.9. The quantitative estimate of drug-likeness (QED) is 0.540. The van der Waals surface area contributed by atoms with E-state index >= 15 is 0 Å². The zero-order valence-corrected chi connectivity index (χ0v) is 13.8. The minimum absolute atomic E-state index is 0.0790. The van der Waals surface area contributed by atoms with Gasteiger partial charge in [0.15, 0.2) is 0 Å². The van der Waals surface area contributed by atoms with E-state index in [-0.39, 0.29) is 5.54 Å². The smallest absolute Gasteiger partial charge is 0.0152 e. The van der Waals surface area contributed by atoms with Gasteiger partial charge in [-0.15, -0.1) is 0 Å². The fraction of sp³-hybridized carbons (Fsp3) is 1.00. The van der Waals surface area contributed by atoms with E-state index < -0.39 is 0 Å². The molecule has 1 unspecified atom stereocenters. The van der Waals surface area contributed by atoms with Crippen LogP contribution in [0.5, 0.6) is 0 Å². The lowest BCUT2D eigenvalue weighted by Gasteiger charge is -2.29. The second-order valence-electron chi connectivity index (χ2n) is 6.90. The van der Waals surface area contributed by atoms with Crippen molar-refractivity contribution in [3.8, 4) is 0 Å². The van der Waals surface area contributed by atoms with Gasteiger partial charge in [0, 0.05) is 5.54 Å². The third kappa shape index (κ3) is 6.55. The van der Waals surface area contributed by atoms with E-state index in [1.807, 2.05) is 0 Å². The van der Waals surface area contributed by atoms with Crippen LogP contribution in [0.3, 0.4) is 0 Å². The predicted octanol–water partition coefficient (Wildman–Crippen LogP) is 3.03. The van der Waals surface area contributed by atoms with E-state index in [9.17, 15) is 0 Å². The molecular formula is C17H37N3. The van der Waals surface area contributed by atoms with Gasteiger partial charge in [-0.2, -0.15) is 0 Å². The van der Waals surface area contributed by atoms with Crippen molar-refractivity contribution in [3.63, 3.8) is 0 Å². The normalized spacial score (nSPS) is 26.4. The van der Waals surface area contributed by atoms with Gasteiger partial charge in [-0.3, -0.25) is 0 Å². The maximum absolute atomic E-state index is 6.42. The van der Waals surface area contributed by atoms with Crippen molar-refractivity contribution in [2.24, 2.45) is 23.3 Å². The molecule has 3 nitrogen and oxygen atoms in total. The minimum atomic E-state index is 0.0790. The van der Waals surface area contributed by atoms with Crippen molar-refractivity contribution >= 4 is 0 Å². The third-order valence-corrected chi connectivity index (χ3v) is 5.21. The summed E-state index contributed by atoms with van der Waals surface area (Å²) >= 11 is 0. The Bertz CT molecular complexity index is 236. The van der Waals surface area contributed by atoms with Crippen molar-refractivity contribution < 1.29 is 0 Å². The van der Waals surface area contributed by atoms with Crippen LogP contribution in [-0.4, -0.2) is 25.2 Å². The average molecular weight is 284 g/mol. The van der Waals surface area contributed by atoms with Gasteiger partial charge in [-0.25, -0.2) is 0 Å². The third-order valence-electron chi connectivity index (χ3n) is 5.21. The zero-order chi connectivity index (χ0) is 14.8. The van der Waals surface area contributed by atoms with E-state index in [1.165, 1.54) is 45.1 Å². The average Bonchev–Trinajstić information content (AvgIpc) is 2.48. The van der Waals surface area contributed by atoms with Gasteiger partial charge in [0.1, 0.15) is 0 Å². The van der Waals surface area contributed by atoms with Crippen LogP contribution in [0.2, 0.25) is 0 Å². The highest BCUT2D eigenvalue weighted by molar-refractivity contribution is 4.82. The summed E-state index contributed by atoms with van der Waals surface area (Å²) in [6.07, 6.45) is 11.2. The Morgan fingerprint density at radius 3 is 2.25 bits per heavy atom. The molecular weight excluding hydrogens is 246 g/mol. The van der Waals surface area contributed by atoms with Gasteiger partial charge in [0.05, 0.1) is 0 Å². The van der Waals surface area contributed by atoms with E-state index in [2.05, 4.69) is 19.2 Å². The topological polar surface area (TPSA) is 64.1 Å². The molecule has 0 aromatic carbocycles. The second kappa shape index (κ2) is 9.75. The SMILES string of the molecule is CCCC(N)(CC)CCCNCC1CCC(CN)CC1. The molecule has 1 fully saturated rings. The summed E-state index contributed by atoms with van der Waals surface area (Å²) in [6.45, 7) is 7.65. The van der Waals surface area contributed by atoms with Gasteiger partial charge in [-0.05, 0) is 82.8 Å². The molecule has 0 aromatic heterocycles. The molecule has 1 saturated carbocycles. The lowest BCUT2D eigenvalue weighted by Crippen LogP contribution is -2.39. The molecule has 120 valence electrons. The summed E-state index contributed by atoms with van der Waals surface area (Å²) in [5.41, 5.74) is 12.2. The minimum Gasteiger partial charge on any atom is -0.330 e. The van der Waals surface area contributed by atoms with Gasteiger partial charge in [-0.1, -0.05) is 20.3 Å². The van der Waals surface area contributed by atoms with Gasteiger partial charge in [0.2, 0.25) is 0 Å². The summed E-state index contributed by atoms with van der Waals surface area (Å²) in [5, 5.41) is 3.64. The standard InChI is InChI=1S/C17H37N3/c1-3-10-17(19,4-2)11-5-12-20-14-16-8-6-15(13-18)7-9-16/h15-16,20H,3-14,18-19H2,1-2H3. The highest BCUT2D eigenvalue weighted by Gasteiger charge is 2.21. The van der Waals surface area contributed by atoms with Crippen LogP contribution in [-0.2, 0) is 0 Å². The van der Waals surface area contributed by atoms with E-state index in [0.29, 0.717) is 0 Å². The summed E-state index contributed by atoms with van der Waals surface area (Å²) in [4.78, 5) is 0. The van der Waals surface area contributed by atoms with E-state index in [1.54, 1.807) is 0 Å². The molecule has 3 heteroatoms. The van der Waals surface area contributed by atoms with Crippen molar-refractivity contribution in [1.29, 1.82) is 0 Å². The fourth-order valence-electron chi connectivity index (χ4n) is 3.52. The molecule has 1 atom stereocenters. The summed E-state index contributed by atoms with van der Waals surface area (Å²) in [7, 11) is 0. The molecule has 5 N–H and O–H groups in total. The van der Waals surface area contributed by atoms with Crippen LogP contribution in [0, 0.1) is 11.8 Å². The molecule has 20 heavy (non-hydrogen) atoms. The number of hydrogen-bond acceptors (Lipinski definition) is 3. The van der Waals surface area contributed by atoms with Crippen LogP contribution in [0.25, 0.3) is 0 Å². The summed E-state index contributed by atoms with van der Waals surface area (Å²) in [6, 6.07) is 0. The Labute approximate surface area is 126 Å². The Kier molecular flexibility index (Phi) is 8.74. The maximum Gasteiger partial charge on any atom is 0.0152 e. The first-order chi connectivity index (χ1) is 9.63. The lowest BCUT2D eigenvalue weighted by atomic mass is 9.82. The van der Waals surface area contributed by atoms with Crippen LogP contribution >= 0.6 is 0 Å². The fourth-order valence-corrected chi connectivity index (χ4v) is 3.52. The van der Waals surface area contributed by atoms with Gasteiger partial charge in [0.25, 0.3) is 0 Å². The Balaban J connectivity index is 2.05. The van der Waals surface area contributed by atoms with Crippen LogP contribution in [0.15, 0.2) is 0 Å². The number of rotatable bonds is 10. The molecule has 0 spiro atoms. The highest BCUT2D eigenvalue weighted by Crippen LogP contribution is 2.27. The summed E-state index contributed by atoms with van der Waals surface area (Å²) in [5.74, 6) is 1.67. The van der Waals surface area contributed by atoms with Crippen molar-refractivity contribution in [2.75, 3.05) is 19.6 Å². The molecule has 0 heterocycles. The van der Waals surface area contributed by atoms with Crippen LogP contribution in [0.4, 0.5) is 0 Å². The van der Waals surface area contributed by atoms with E-state index in [4.69, 9.17) is 11.5 Å².